The number of rotatable bonds is 14. The van der Waals surface area contributed by atoms with Crippen LogP contribution in [-0.4, -0.2) is 49.5 Å². The zero-order chi connectivity index (χ0) is 32.7. The lowest BCUT2D eigenvalue weighted by atomic mass is 9.96. The molecular weight excluding hydrogens is 596 g/mol. The molecule has 0 spiro atoms. The van der Waals surface area contributed by atoms with Gasteiger partial charge in [0.05, 0.1) is 22.6 Å². The second-order valence-electron chi connectivity index (χ2n) is 12.5. The Morgan fingerprint density at radius 3 is 1.88 bits per heavy atom. The van der Waals surface area contributed by atoms with Gasteiger partial charge < -0.3 is 0 Å². The maximum Gasteiger partial charge on any atom is 0.183 e. The van der Waals surface area contributed by atoms with E-state index in [-0.39, 0.29) is 0 Å². The van der Waals surface area contributed by atoms with Crippen molar-refractivity contribution in [3.63, 3.8) is 0 Å². The number of aromatic nitrogens is 10. The molecule has 0 unspecified atom stereocenters. The highest BCUT2D eigenvalue weighted by Gasteiger charge is 2.25. The fourth-order valence-electron chi connectivity index (χ4n) is 6.75. The zero-order valence-electron chi connectivity index (χ0n) is 27.9. The molecule has 0 N–H and O–H groups in total. The standard InChI is InChI=1S/C38H42N10/c1-3-5-7-9-15-27-21-34(48-32-20-14-12-18-30(32)36(46-48)38-43-25-40-26-44-38)28(16-10-8-6-4-2)22-33(27)47-31-19-13-11-17-29(31)35(45-47)37-41-23-39-24-42-37/h11,13-14,17,19-26H,3-10,12,15-16,18H2,1-2H3. The minimum Gasteiger partial charge on any atom is -0.232 e. The number of hydrogen-bond donors (Lipinski definition) is 0. The predicted octanol–water partition coefficient (Wildman–Crippen LogP) is 8.12. The average Bonchev–Trinajstić information content (AvgIpc) is 3.72. The van der Waals surface area contributed by atoms with E-state index in [4.69, 9.17) is 10.2 Å². The maximum absolute atomic E-state index is 5.25. The fraction of sp³-hybridized carbons (Fsp3) is 0.368. The Hall–Kier alpha value is -5.12. The lowest BCUT2D eigenvalue weighted by Gasteiger charge is -2.19. The number of benzene rings is 2. The Bertz CT molecular complexity index is 2010. The van der Waals surface area contributed by atoms with Crippen molar-refractivity contribution in [3.8, 4) is 34.4 Å². The Kier molecular flexibility index (Phi) is 9.67. The van der Waals surface area contributed by atoms with Crippen molar-refractivity contribution in [2.45, 2.75) is 90.9 Å². The van der Waals surface area contributed by atoms with E-state index in [9.17, 15) is 0 Å². The first-order valence-electron chi connectivity index (χ1n) is 17.4. The molecule has 0 bridgehead atoms. The van der Waals surface area contributed by atoms with Gasteiger partial charge in [-0.2, -0.15) is 10.2 Å². The number of fused-ring (bicyclic) bond motifs is 2. The van der Waals surface area contributed by atoms with Gasteiger partial charge in [-0.05, 0) is 73.9 Å². The number of para-hydroxylation sites is 1. The van der Waals surface area contributed by atoms with Crippen LogP contribution in [0, 0.1) is 0 Å². The first-order chi connectivity index (χ1) is 23.8. The summed E-state index contributed by atoms with van der Waals surface area (Å²) < 4.78 is 4.26. The molecule has 244 valence electrons. The van der Waals surface area contributed by atoms with E-state index in [0.717, 1.165) is 77.9 Å². The van der Waals surface area contributed by atoms with Crippen LogP contribution in [0.25, 0.3) is 51.4 Å². The van der Waals surface area contributed by atoms with Gasteiger partial charge in [0, 0.05) is 10.9 Å². The predicted molar refractivity (Wildman–Crippen MR) is 189 cm³/mol. The number of unbranched alkanes of at least 4 members (excludes halogenated alkanes) is 6. The van der Waals surface area contributed by atoms with Crippen molar-refractivity contribution in [2.75, 3.05) is 0 Å². The van der Waals surface area contributed by atoms with Crippen molar-refractivity contribution in [3.05, 3.63) is 90.2 Å². The van der Waals surface area contributed by atoms with Gasteiger partial charge >= 0.3 is 0 Å². The molecule has 0 amide bonds. The monoisotopic (exact) mass is 638 g/mol. The van der Waals surface area contributed by atoms with Gasteiger partial charge in [0.2, 0.25) is 0 Å². The van der Waals surface area contributed by atoms with E-state index < -0.39 is 0 Å². The second kappa shape index (κ2) is 14.8. The lowest BCUT2D eigenvalue weighted by molar-refractivity contribution is 0.658. The van der Waals surface area contributed by atoms with Crippen LogP contribution in [0.5, 0.6) is 0 Å². The van der Waals surface area contributed by atoms with Crippen LogP contribution in [0.1, 0.15) is 94.0 Å². The topological polar surface area (TPSA) is 113 Å². The summed E-state index contributed by atoms with van der Waals surface area (Å²) >= 11 is 0. The molecule has 0 saturated heterocycles. The third kappa shape index (κ3) is 6.39. The molecule has 2 aromatic carbocycles. The molecule has 0 atom stereocenters. The van der Waals surface area contributed by atoms with Crippen LogP contribution in [-0.2, 0) is 19.3 Å². The normalized spacial score (nSPS) is 12.5. The molecule has 0 saturated carbocycles. The van der Waals surface area contributed by atoms with Gasteiger partial charge in [0.15, 0.2) is 11.6 Å². The lowest BCUT2D eigenvalue weighted by Crippen LogP contribution is -2.10. The van der Waals surface area contributed by atoms with E-state index in [0.29, 0.717) is 11.6 Å². The Labute approximate surface area is 281 Å². The molecule has 4 aromatic heterocycles. The first kappa shape index (κ1) is 31.5. The van der Waals surface area contributed by atoms with E-state index in [1.807, 2.05) is 6.07 Å². The Balaban J connectivity index is 1.43. The van der Waals surface area contributed by atoms with Gasteiger partial charge in [0.1, 0.15) is 36.7 Å². The zero-order valence-corrected chi connectivity index (χ0v) is 27.9. The molecule has 0 radical (unpaired) electrons. The Morgan fingerprint density at radius 1 is 0.646 bits per heavy atom. The summed E-state index contributed by atoms with van der Waals surface area (Å²) in [5, 5.41) is 11.5. The molecule has 1 aliphatic rings. The molecule has 10 heteroatoms. The summed E-state index contributed by atoms with van der Waals surface area (Å²) in [6.45, 7) is 4.52. The largest absolute Gasteiger partial charge is 0.232 e. The SMILES string of the molecule is CCCCCCc1cc(-n2nc(-c3ncncn3)c3ccccc32)c(CCCCCC)cc1-n1nc(-c2ncncn2)c2c1C=CCC2. The molecule has 10 nitrogen and oxygen atoms in total. The third-order valence-corrected chi connectivity index (χ3v) is 9.19. The minimum absolute atomic E-state index is 0.571. The summed E-state index contributed by atoms with van der Waals surface area (Å²) in [5.74, 6) is 1.19. The Morgan fingerprint density at radius 2 is 1.23 bits per heavy atom. The van der Waals surface area contributed by atoms with Gasteiger partial charge in [-0.3, -0.25) is 0 Å². The highest BCUT2D eigenvalue weighted by Crippen LogP contribution is 2.35. The van der Waals surface area contributed by atoms with Crippen LogP contribution in [0.3, 0.4) is 0 Å². The van der Waals surface area contributed by atoms with Crippen LogP contribution in [0.4, 0.5) is 0 Å². The molecule has 7 rings (SSSR count). The minimum atomic E-state index is 0.571. The van der Waals surface area contributed by atoms with Crippen molar-refractivity contribution >= 4 is 17.0 Å². The first-order valence-corrected chi connectivity index (χ1v) is 17.4. The van der Waals surface area contributed by atoms with Crippen LogP contribution in [0.2, 0.25) is 0 Å². The number of allylic oxidation sites excluding steroid dienone is 1. The quantitative estimate of drug-likeness (QED) is 0.110. The fourth-order valence-corrected chi connectivity index (χ4v) is 6.75. The van der Waals surface area contributed by atoms with Crippen LogP contribution < -0.4 is 0 Å². The van der Waals surface area contributed by atoms with Crippen LogP contribution in [0.15, 0.2) is 67.8 Å². The van der Waals surface area contributed by atoms with E-state index in [1.165, 1.54) is 67.9 Å². The second-order valence-corrected chi connectivity index (χ2v) is 12.5. The van der Waals surface area contributed by atoms with Gasteiger partial charge in [-0.15, -0.1) is 0 Å². The van der Waals surface area contributed by atoms with E-state index >= 15 is 0 Å². The van der Waals surface area contributed by atoms with Crippen LogP contribution >= 0.6 is 0 Å². The molecule has 0 fully saturated rings. The van der Waals surface area contributed by atoms with Crippen molar-refractivity contribution in [1.82, 2.24) is 49.5 Å². The highest BCUT2D eigenvalue weighted by atomic mass is 15.3. The van der Waals surface area contributed by atoms with Crippen molar-refractivity contribution in [2.24, 2.45) is 0 Å². The average molecular weight is 639 g/mol. The van der Waals surface area contributed by atoms with E-state index in [2.05, 4.69) is 95.6 Å². The molecular formula is C38H42N10. The molecule has 1 aliphatic carbocycles. The van der Waals surface area contributed by atoms with Gasteiger partial charge in [-0.1, -0.05) is 76.6 Å². The molecule has 0 aliphatic heterocycles. The molecule has 6 aromatic rings. The third-order valence-electron chi connectivity index (χ3n) is 9.19. The van der Waals surface area contributed by atoms with Crippen molar-refractivity contribution < 1.29 is 0 Å². The number of nitrogens with zero attached hydrogens (tertiary/aromatic N) is 10. The van der Waals surface area contributed by atoms with E-state index in [1.54, 1.807) is 12.7 Å². The number of aryl methyl sites for hydroxylation is 2. The molecule has 48 heavy (non-hydrogen) atoms. The highest BCUT2D eigenvalue weighted by molar-refractivity contribution is 5.92. The summed E-state index contributed by atoms with van der Waals surface area (Å²) in [6.07, 6.45) is 23.8. The maximum atomic E-state index is 5.25. The van der Waals surface area contributed by atoms with Crippen molar-refractivity contribution in [1.29, 1.82) is 0 Å². The summed E-state index contributed by atoms with van der Waals surface area (Å²) in [6, 6.07) is 13.1. The van der Waals surface area contributed by atoms with Gasteiger partial charge in [0.25, 0.3) is 0 Å². The number of hydrogen-bond acceptors (Lipinski definition) is 8. The summed E-state index contributed by atoms with van der Waals surface area (Å²) in [7, 11) is 0. The van der Waals surface area contributed by atoms with Gasteiger partial charge in [-0.25, -0.2) is 39.3 Å². The molecule has 4 heterocycles. The summed E-state index contributed by atoms with van der Waals surface area (Å²) in [5.41, 5.74) is 9.65. The smallest absolute Gasteiger partial charge is 0.183 e. The summed E-state index contributed by atoms with van der Waals surface area (Å²) in [4.78, 5) is 26.0.